The topological polar surface area (TPSA) is 53.0 Å². The van der Waals surface area contributed by atoms with Crippen molar-refractivity contribution in [1.29, 1.82) is 0 Å². The molecule has 0 aliphatic rings. The lowest BCUT2D eigenvalue weighted by Crippen LogP contribution is -1.92. The quantitative estimate of drug-likeness (QED) is 0.701. The summed E-state index contributed by atoms with van der Waals surface area (Å²) in [6.45, 7) is 0. The Morgan fingerprint density at radius 1 is 1.29 bits per heavy atom. The van der Waals surface area contributed by atoms with Crippen molar-refractivity contribution in [2.75, 3.05) is 0 Å². The minimum absolute atomic E-state index is 0.0677. The van der Waals surface area contributed by atoms with Crippen LogP contribution in [0, 0.1) is 0 Å². The molecule has 1 aromatic heterocycles. The second kappa shape index (κ2) is 3.86. The second-order valence-corrected chi connectivity index (χ2v) is 3.90. The number of pyridine rings is 1. The first-order chi connectivity index (χ1) is 6.75. The third-order valence-electron chi connectivity index (χ3n) is 1.99. The number of hydrogen-bond donors (Lipinski definition) is 0. The lowest BCUT2D eigenvalue weighted by atomic mass is 10.1. The minimum Gasteiger partial charge on any atom is -0.772 e. The molecule has 1 aromatic carbocycles. The Morgan fingerprint density at radius 3 is 2.93 bits per heavy atom. The molecule has 0 aliphatic heterocycles. The average Bonchev–Trinajstić information content (AvgIpc) is 2.17. The van der Waals surface area contributed by atoms with Crippen LogP contribution in [-0.2, 0) is 16.8 Å². The van der Waals surface area contributed by atoms with Gasteiger partial charge in [0.25, 0.3) is 0 Å². The van der Waals surface area contributed by atoms with Gasteiger partial charge in [0, 0.05) is 23.5 Å². The van der Waals surface area contributed by atoms with Gasteiger partial charge in [0.15, 0.2) is 0 Å². The highest BCUT2D eigenvalue weighted by molar-refractivity contribution is 7.78. The summed E-state index contributed by atoms with van der Waals surface area (Å²) in [5, 5.41) is 2.04. The maximum atomic E-state index is 10.5. The first-order valence-corrected chi connectivity index (χ1v) is 5.38. The summed E-state index contributed by atoms with van der Waals surface area (Å²) in [6, 6.07) is 7.42. The monoisotopic (exact) mass is 206 g/mol. The molecule has 0 saturated carbocycles. The van der Waals surface area contributed by atoms with Gasteiger partial charge in [0.2, 0.25) is 0 Å². The fourth-order valence-electron chi connectivity index (χ4n) is 1.36. The van der Waals surface area contributed by atoms with Crippen LogP contribution in [0.5, 0.6) is 0 Å². The van der Waals surface area contributed by atoms with E-state index in [9.17, 15) is 8.76 Å². The fourth-order valence-corrected chi connectivity index (χ4v) is 1.81. The Labute approximate surface area is 84.1 Å². The van der Waals surface area contributed by atoms with Crippen LogP contribution in [-0.4, -0.2) is 13.7 Å². The van der Waals surface area contributed by atoms with E-state index in [0.29, 0.717) is 0 Å². The smallest absolute Gasteiger partial charge is 0.0353 e. The molecule has 1 atom stereocenters. The van der Waals surface area contributed by atoms with Crippen LogP contribution in [0.4, 0.5) is 0 Å². The molecule has 4 heteroatoms. The summed E-state index contributed by atoms with van der Waals surface area (Å²) in [6.07, 6.45) is 3.45. The van der Waals surface area contributed by atoms with Crippen molar-refractivity contribution < 1.29 is 8.76 Å². The van der Waals surface area contributed by atoms with Gasteiger partial charge < -0.3 is 4.55 Å². The van der Waals surface area contributed by atoms with Crippen molar-refractivity contribution in [2.45, 2.75) is 5.75 Å². The van der Waals surface area contributed by atoms with Gasteiger partial charge in [-0.05, 0) is 17.0 Å². The van der Waals surface area contributed by atoms with Crippen LogP contribution in [0.3, 0.4) is 0 Å². The SMILES string of the molecule is O=S([O-])Cc1ccc2cnccc2c1. The molecule has 0 N–H and O–H groups in total. The predicted octanol–water partition coefficient (Wildman–Crippen LogP) is 1.61. The van der Waals surface area contributed by atoms with Crippen LogP contribution in [0.2, 0.25) is 0 Å². The summed E-state index contributed by atoms with van der Waals surface area (Å²) in [5.74, 6) is 0.0677. The van der Waals surface area contributed by atoms with Crippen LogP contribution < -0.4 is 0 Å². The average molecular weight is 206 g/mol. The Bertz CT molecular complexity index is 484. The molecule has 14 heavy (non-hydrogen) atoms. The van der Waals surface area contributed by atoms with E-state index in [2.05, 4.69) is 4.98 Å². The minimum atomic E-state index is -2.03. The predicted molar refractivity (Wildman–Crippen MR) is 54.4 cm³/mol. The van der Waals surface area contributed by atoms with Crippen molar-refractivity contribution in [3.63, 3.8) is 0 Å². The third kappa shape index (κ3) is 1.97. The molecule has 3 nitrogen and oxygen atoms in total. The van der Waals surface area contributed by atoms with Crippen LogP contribution in [0.1, 0.15) is 5.56 Å². The van der Waals surface area contributed by atoms with Gasteiger partial charge in [0.1, 0.15) is 0 Å². The van der Waals surface area contributed by atoms with Crippen molar-refractivity contribution >= 4 is 21.9 Å². The lowest BCUT2D eigenvalue weighted by molar-refractivity contribution is 0.536. The zero-order valence-corrected chi connectivity index (χ0v) is 8.16. The Morgan fingerprint density at radius 2 is 2.14 bits per heavy atom. The van der Waals surface area contributed by atoms with E-state index in [0.717, 1.165) is 16.3 Å². The van der Waals surface area contributed by atoms with Gasteiger partial charge >= 0.3 is 0 Å². The Hall–Kier alpha value is -1.26. The van der Waals surface area contributed by atoms with E-state index in [-0.39, 0.29) is 5.75 Å². The molecule has 72 valence electrons. The number of hydrogen-bond acceptors (Lipinski definition) is 3. The van der Waals surface area contributed by atoms with Crippen molar-refractivity contribution in [3.8, 4) is 0 Å². The van der Waals surface area contributed by atoms with Crippen molar-refractivity contribution in [3.05, 3.63) is 42.2 Å². The maximum Gasteiger partial charge on any atom is 0.0353 e. The van der Waals surface area contributed by atoms with Crippen LogP contribution >= 0.6 is 0 Å². The first kappa shape index (κ1) is 9.30. The van der Waals surface area contributed by atoms with Crippen molar-refractivity contribution in [2.24, 2.45) is 0 Å². The van der Waals surface area contributed by atoms with Gasteiger partial charge in [-0.1, -0.05) is 29.3 Å². The summed E-state index contributed by atoms with van der Waals surface area (Å²) in [5.41, 5.74) is 0.803. The molecule has 0 spiro atoms. The number of rotatable bonds is 2. The van der Waals surface area contributed by atoms with Gasteiger partial charge in [-0.3, -0.25) is 9.19 Å². The summed E-state index contributed by atoms with van der Waals surface area (Å²) >= 11 is -2.03. The molecule has 0 amide bonds. The van der Waals surface area contributed by atoms with Gasteiger partial charge in [0.05, 0.1) is 0 Å². The van der Waals surface area contributed by atoms with Crippen LogP contribution in [0.25, 0.3) is 10.8 Å². The molecule has 0 aliphatic carbocycles. The maximum absolute atomic E-state index is 10.5. The molecule has 0 bridgehead atoms. The summed E-state index contributed by atoms with van der Waals surface area (Å²) in [4.78, 5) is 3.98. The number of aromatic nitrogens is 1. The van der Waals surface area contributed by atoms with E-state index in [1.54, 1.807) is 18.5 Å². The van der Waals surface area contributed by atoms with E-state index >= 15 is 0 Å². The molecule has 0 saturated heterocycles. The zero-order valence-electron chi connectivity index (χ0n) is 7.34. The van der Waals surface area contributed by atoms with E-state index in [1.807, 2.05) is 18.2 Å². The molecule has 1 unspecified atom stereocenters. The first-order valence-electron chi connectivity index (χ1n) is 4.14. The van der Waals surface area contributed by atoms with Gasteiger partial charge in [-0.2, -0.15) is 0 Å². The normalized spacial score (nSPS) is 12.9. The van der Waals surface area contributed by atoms with E-state index in [4.69, 9.17) is 0 Å². The van der Waals surface area contributed by atoms with Gasteiger partial charge in [-0.25, -0.2) is 0 Å². The highest BCUT2D eigenvalue weighted by Gasteiger charge is 1.96. The third-order valence-corrected chi connectivity index (χ3v) is 2.56. The highest BCUT2D eigenvalue weighted by atomic mass is 32.2. The molecule has 2 aromatic rings. The van der Waals surface area contributed by atoms with Crippen LogP contribution in [0.15, 0.2) is 36.7 Å². The van der Waals surface area contributed by atoms with E-state index < -0.39 is 11.1 Å². The number of nitrogens with zero attached hydrogens (tertiary/aromatic N) is 1. The lowest BCUT2D eigenvalue weighted by Gasteiger charge is -2.05. The molecular formula is C10H8NO2S-. The number of fused-ring (bicyclic) bond motifs is 1. The molecule has 1 heterocycles. The fraction of sp³-hybridized carbons (Fsp3) is 0.100. The van der Waals surface area contributed by atoms with E-state index in [1.165, 1.54) is 0 Å². The number of benzene rings is 1. The van der Waals surface area contributed by atoms with Crippen molar-refractivity contribution in [1.82, 2.24) is 4.98 Å². The summed E-state index contributed by atoms with van der Waals surface area (Å²) in [7, 11) is 0. The molecule has 0 fully saturated rings. The highest BCUT2D eigenvalue weighted by Crippen LogP contribution is 2.15. The van der Waals surface area contributed by atoms with Gasteiger partial charge in [-0.15, -0.1) is 0 Å². The Kier molecular flexibility index (Phi) is 2.56. The molecule has 0 radical (unpaired) electrons. The second-order valence-electron chi connectivity index (χ2n) is 3.01. The molecular weight excluding hydrogens is 198 g/mol. The standard InChI is InChI=1S/C10H9NO2S/c12-14(13)7-8-1-2-10-6-11-4-3-9(10)5-8/h1-6H,7H2,(H,12,13)/p-1. The largest absolute Gasteiger partial charge is 0.772 e. The molecule has 2 rings (SSSR count). The summed E-state index contributed by atoms with van der Waals surface area (Å²) < 4.78 is 21.0. The Balaban J connectivity index is 2.46. The zero-order chi connectivity index (χ0) is 9.97.